The first-order valence-electron chi connectivity index (χ1n) is 7.25. The van der Waals surface area contributed by atoms with Crippen molar-refractivity contribution in [3.8, 4) is 0 Å². The molecule has 2 heterocycles. The van der Waals surface area contributed by atoms with Gasteiger partial charge in [0.15, 0.2) is 0 Å². The summed E-state index contributed by atoms with van der Waals surface area (Å²) in [7, 11) is 0. The highest BCUT2D eigenvalue weighted by atomic mass is 79.9. The van der Waals surface area contributed by atoms with Crippen molar-refractivity contribution in [3.05, 3.63) is 22.3 Å². The number of hydrogen-bond acceptors (Lipinski definition) is 3. The molecule has 0 radical (unpaired) electrons. The van der Waals surface area contributed by atoms with Crippen molar-refractivity contribution in [3.63, 3.8) is 0 Å². The monoisotopic (exact) mass is 339 g/mol. The third-order valence-electron chi connectivity index (χ3n) is 3.76. The highest BCUT2D eigenvalue weighted by Crippen LogP contribution is 2.28. The van der Waals surface area contributed by atoms with Crippen LogP contribution in [0.3, 0.4) is 0 Å². The van der Waals surface area contributed by atoms with Crippen molar-refractivity contribution in [1.29, 1.82) is 0 Å². The van der Waals surface area contributed by atoms with Crippen LogP contribution in [-0.4, -0.2) is 34.9 Å². The van der Waals surface area contributed by atoms with E-state index in [0.717, 1.165) is 30.4 Å². The maximum Gasteiger partial charge on any atom is 0.257 e. The molecular formula is C15H22BrN3O. The van der Waals surface area contributed by atoms with Gasteiger partial charge in [0, 0.05) is 29.8 Å². The summed E-state index contributed by atoms with van der Waals surface area (Å²) >= 11 is 3.41. The molecule has 1 fully saturated rings. The lowest BCUT2D eigenvalue weighted by molar-refractivity contribution is 0.0702. The molecule has 0 aromatic carbocycles. The van der Waals surface area contributed by atoms with Gasteiger partial charge in [-0.25, -0.2) is 4.98 Å². The minimum atomic E-state index is 0.0888. The lowest BCUT2D eigenvalue weighted by atomic mass is 10.0. The van der Waals surface area contributed by atoms with Gasteiger partial charge in [-0.1, -0.05) is 13.8 Å². The largest absolute Gasteiger partial charge is 0.370 e. The summed E-state index contributed by atoms with van der Waals surface area (Å²) in [6.07, 6.45) is 3.91. The highest BCUT2D eigenvalue weighted by Gasteiger charge is 2.32. The summed E-state index contributed by atoms with van der Waals surface area (Å²) in [6.45, 7) is 7.97. The molecule has 1 aliphatic rings. The molecule has 0 spiro atoms. The second-order valence-corrected chi connectivity index (χ2v) is 6.45. The van der Waals surface area contributed by atoms with Gasteiger partial charge in [0.25, 0.3) is 5.91 Å². The summed E-state index contributed by atoms with van der Waals surface area (Å²) in [5, 5.41) is 3.17. The number of carbonyl (C=O) groups is 1. The quantitative estimate of drug-likeness (QED) is 0.912. The third-order valence-corrected chi connectivity index (χ3v) is 4.19. The summed E-state index contributed by atoms with van der Waals surface area (Å²) < 4.78 is 0.836. The first-order valence-corrected chi connectivity index (χ1v) is 8.04. The van der Waals surface area contributed by atoms with E-state index >= 15 is 0 Å². The number of nitrogens with one attached hydrogen (secondary N) is 1. The van der Waals surface area contributed by atoms with Crippen LogP contribution in [0.1, 0.15) is 44.0 Å². The van der Waals surface area contributed by atoms with E-state index in [1.807, 2.05) is 17.9 Å². The molecule has 0 aliphatic carbocycles. The van der Waals surface area contributed by atoms with Crippen LogP contribution in [0.5, 0.6) is 0 Å². The van der Waals surface area contributed by atoms with Crippen LogP contribution in [0.15, 0.2) is 16.7 Å². The molecule has 1 saturated heterocycles. The van der Waals surface area contributed by atoms with Crippen molar-refractivity contribution >= 4 is 27.7 Å². The Morgan fingerprint density at radius 1 is 1.60 bits per heavy atom. The smallest absolute Gasteiger partial charge is 0.257 e. The second kappa shape index (κ2) is 6.57. The standard InChI is InChI=1S/C15H22BrN3O/c1-4-17-14-12(8-11(16)9-18-14)15(20)19-7-5-6-13(19)10(2)3/h8-10,13H,4-7H2,1-3H3,(H,17,18). The predicted octanol–water partition coefficient (Wildman–Crippen LogP) is 3.54. The number of likely N-dealkylation sites (tertiary alicyclic amines) is 1. The van der Waals surface area contributed by atoms with E-state index in [1.54, 1.807) is 6.20 Å². The molecule has 2 rings (SSSR count). The molecule has 110 valence electrons. The Hall–Kier alpha value is -1.10. The zero-order valence-electron chi connectivity index (χ0n) is 12.3. The van der Waals surface area contributed by atoms with Crippen molar-refractivity contribution in [2.24, 2.45) is 5.92 Å². The summed E-state index contributed by atoms with van der Waals surface area (Å²) in [6, 6.07) is 2.21. The van der Waals surface area contributed by atoms with Gasteiger partial charge in [-0.2, -0.15) is 0 Å². The minimum Gasteiger partial charge on any atom is -0.370 e. The Kier molecular flexibility index (Phi) is 5.02. The highest BCUT2D eigenvalue weighted by molar-refractivity contribution is 9.10. The molecule has 1 amide bonds. The van der Waals surface area contributed by atoms with Crippen LogP contribution in [-0.2, 0) is 0 Å². The molecule has 20 heavy (non-hydrogen) atoms. The van der Waals surface area contributed by atoms with Crippen LogP contribution in [0.2, 0.25) is 0 Å². The van der Waals surface area contributed by atoms with E-state index < -0.39 is 0 Å². The topological polar surface area (TPSA) is 45.2 Å². The fraction of sp³-hybridized carbons (Fsp3) is 0.600. The van der Waals surface area contributed by atoms with Crippen LogP contribution < -0.4 is 5.32 Å². The summed E-state index contributed by atoms with van der Waals surface area (Å²) in [5.41, 5.74) is 0.661. The molecular weight excluding hydrogens is 318 g/mol. The Bertz CT molecular complexity index is 490. The van der Waals surface area contributed by atoms with Gasteiger partial charge in [0.2, 0.25) is 0 Å². The maximum atomic E-state index is 12.8. The Balaban J connectivity index is 2.30. The molecule has 1 atom stereocenters. The van der Waals surface area contributed by atoms with Gasteiger partial charge in [-0.05, 0) is 47.7 Å². The van der Waals surface area contributed by atoms with Crippen molar-refractivity contribution in [2.45, 2.75) is 39.7 Å². The fourth-order valence-corrected chi connectivity index (χ4v) is 3.13. The first-order chi connectivity index (χ1) is 9.54. The number of anilines is 1. The number of nitrogens with zero attached hydrogens (tertiary/aromatic N) is 2. The van der Waals surface area contributed by atoms with Crippen molar-refractivity contribution < 1.29 is 4.79 Å². The minimum absolute atomic E-state index is 0.0888. The normalized spacial score (nSPS) is 18.6. The van der Waals surface area contributed by atoms with Gasteiger partial charge in [0.1, 0.15) is 5.82 Å². The van der Waals surface area contributed by atoms with E-state index in [-0.39, 0.29) is 5.91 Å². The van der Waals surface area contributed by atoms with Crippen LogP contribution in [0.25, 0.3) is 0 Å². The predicted molar refractivity (Wildman–Crippen MR) is 85.0 cm³/mol. The number of rotatable bonds is 4. The van der Waals surface area contributed by atoms with E-state index in [4.69, 9.17) is 0 Å². The number of carbonyl (C=O) groups excluding carboxylic acids is 1. The zero-order valence-corrected chi connectivity index (χ0v) is 13.9. The van der Waals surface area contributed by atoms with Crippen LogP contribution >= 0.6 is 15.9 Å². The number of pyridine rings is 1. The fourth-order valence-electron chi connectivity index (χ4n) is 2.80. The van der Waals surface area contributed by atoms with E-state index in [2.05, 4.69) is 40.1 Å². The van der Waals surface area contributed by atoms with E-state index in [9.17, 15) is 4.79 Å². The lowest BCUT2D eigenvalue weighted by Crippen LogP contribution is -2.38. The average molecular weight is 340 g/mol. The van der Waals surface area contributed by atoms with Crippen molar-refractivity contribution in [1.82, 2.24) is 9.88 Å². The lowest BCUT2D eigenvalue weighted by Gasteiger charge is -2.28. The zero-order chi connectivity index (χ0) is 14.7. The van der Waals surface area contributed by atoms with Gasteiger partial charge in [-0.15, -0.1) is 0 Å². The molecule has 1 aromatic rings. The van der Waals surface area contributed by atoms with Crippen LogP contribution in [0.4, 0.5) is 5.82 Å². The second-order valence-electron chi connectivity index (χ2n) is 5.53. The third kappa shape index (κ3) is 3.14. The number of amides is 1. The van der Waals surface area contributed by atoms with Crippen molar-refractivity contribution in [2.75, 3.05) is 18.4 Å². The molecule has 1 unspecified atom stereocenters. The number of hydrogen-bond donors (Lipinski definition) is 1. The molecule has 1 aliphatic heterocycles. The maximum absolute atomic E-state index is 12.8. The van der Waals surface area contributed by atoms with Gasteiger partial charge in [-0.3, -0.25) is 4.79 Å². The molecule has 0 bridgehead atoms. The van der Waals surface area contributed by atoms with Gasteiger partial charge in [0.05, 0.1) is 5.56 Å². The SMILES string of the molecule is CCNc1ncc(Br)cc1C(=O)N1CCCC1C(C)C. The Morgan fingerprint density at radius 2 is 2.35 bits per heavy atom. The molecule has 1 aromatic heterocycles. The van der Waals surface area contributed by atoms with Crippen LogP contribution in [0, 0.1) is 5.92 Å². The Morgan fingerprint density at radius 3 is 3.00 bits per heavy atom. The summed E-state index contributed by atoms with van der Waals surface area (Å²) in [5.74, 6) is 1.25. The molecule has 4 nitrogen and oxygen atoms in total. The molecule has 1 N–H and O–H groups in total. The number of aromatic nitrogens is 1. The first kappa shape index (κ1) is 15.3. The van der Waals surface area contributed by atoms with E-state index in [1.165, 1.54) is 0 Å². The van der Waals surface area contributed by atoms with Gasteiger partial charge >= 0.3 is 0 Å². The average Bonchev–Trinajstić information content (AvgIpc) is 2.89. The molecule has 5 heteroatoms. The number of halogens is 1. The summed E-state index contributed by atoms with van der Waals surface area (Å²) in [4.78, 5) is 19.2. The Labute approximate surface area is 129 Å². The molecule has 0 saturated carbocycles. The van der Waals surface area contributed by atoms with E-state index in [0.29, 0.717) is 23.3 Å². The van der Waals surface area contributed by atoms with Gasteiger partial charge < -0.3 is 10.2 Å².